The number of hydrogen-bond donors (Lipinski definition) is 2. The molecule has 2 heterocycles. The van der Waals surface area contributed by atoms with Crippen molar-refractivity contribution in [1.82, 2.24) is 15.5 Å². The van der Waals surface area contributed by atoms with E-state index in [2.05, 4.69) is 20.4 Å². The zero-order valence-corrected chi connectivity index (χ0v) is 13.7. The van der Waals surface area contributed by atoms with E-state index in [0.29, 0.717) is 12.2 Å². The second-order valence-electron chi connectivity index (χ2n) is 5.83. The smallest absolute Gasteiger partial charge is 0.272 e. The largest absolute Gasteiger partial charge is 0.369 e. The lowest BCUT2D eigenvalue weighted by Gasteiger charge is -2.19. The summed E-state index contributed by atoms with van der Waals surface area (Å²) in [4.78, 5) is 14.4. The van der Waals surface area contributed by atoms with E-state index in [0.717, 1.165) is 29.9 Å². The summed E-state index contributed by atoms with van der Waals surface area (Å²) in [6.45, 7) is 5.20. The number of aryl methyl sites for hydroxylation is 1. The van der Waals surface area contributed by atoms with Gasteiger partial charge in [0.25, 0.3) is 5.91 Å². The van der Waals surface area contributed by atoms with Crippen LogP contribution in [0, 0.1) is 19.7 Å². The van der Waals surface area contributed by atoms with Gasteiger partial charge in [-0.15, -0.1) is 0 Å². The van der Waals surface area contributed by atoms with E-state index in [-0.39, 0.29) is 17.0 Å². The van der Waals surface area contributed by atoms with E-state index in [1.165, 1.54) is 6.07 Å². The van der Waals surface area contributed by atoms with Crippen LogP contribution in [0.25, 0.3) is 0 Å². The first-order chi connectivity index (χ1) is 11.0. The van der Waals surface area contributed by atoms with Crippen molar-refractivity contribution in [3.8, 4) is 0 Å². The SMILES string of the molecule is Cc1[nH]nc(C(=O)NC2CCN(c3ccc(F)c(Cl)c3)C2)c1C. The van der Waals surface area contributed by atoms with Gasteiger partial charge in [-0.3, -0.25) is 9.89 Å². The van der Waals surface area contributed by atoms with Crippen LogP contribution in [0.4, 0.5) is 10.1 Å². The lowest BCUT2D eigenvalue weighted by molar-refractivity contribution is 0.0934. The molecule has 0 radical (unpaired) electrons. The first kappa shape index (κ1) is 15.8. The van der Waals surface area contributed by atoms with Gasteiger partial charge in [0.05, 0.1) is 5.02 Å². The number of anilines is 1. The highest BCUT2D eigenvalue weighted by atomic mass is 35.5. The van der Waals surface area contributed by atoms with Crippen molar-refractivity contribution in [2.45, 2.75) is 26.3 Å². The van der Waals surface area contributed by atoms with Crippen LogP contribution in [0.3, 0.4) is 0 Å². The average Bonchev–Trinajstić information content (AvgIpc) is 3.10. The van der Waals surface area contributed by atoms with Crippen LogP contribution in [0.2, 0.25) is 5.02 Å². The molecule has 1 fully saturated rings. The maximum atomic E-state index is 13.2. The summed E-state index contributed by atoms with van der Waals surface area (Å²) in [6.07, 6.45) is 0.823. The fourth-order valence-corrected chi connectivity index (χ4v) is 2.93. The van der Waals surface area contributed by atoms with E-state index in [9.17, 15) is 9.18 Å². The summed E-state index contributed by atoms with van der Waals surface area (Å²) in [6, 6.07) is 4.71. The standard InChI is InChI=1S/C16H18ClFN4O/c1-9-10(2)20-21-15(9)16(23)19-11-5-6-22(8-11)12-3-4-14(18)13(17)7-12/h3-4,7,11H,5-6,8H2,1-2H3,(H,19,23)(H,20,21). The van der Waals surface area contributed by atoms with Crippen molar-refractivity contribution in [3.63, 3.8) is 0 Å². The Kier molecular flexibility index (Phi) is 4.26. The monoisotopic (exact) mass is 336 g/mol. The van der Waals surface area contributed by atoms with Gasteiger partial charge >= 0.3 is 0 Å². The highest BCUT2D eigenvalue weighted by molar-refractivity contribution is 6.31. The molecule has 2 N–H and O–H groups in total. The summed E-state index contributed by atoms with van der Waals surface area (Å²) in [5, 5.41) is 9.98. The Hall–Kier alpha value is -2.08. The van der Waals surface area contributed by atoms with Crippen molar-refractivity contribution in [1.29, 1.82) is 0 Å². The number of carbonyl (C=O) groups excluding carboxylic acids is 1. The Morgan fingerprint density at radius 1 is 1.48 bits per heavy atom. The molecule has 0 bridgehead atoms. The van der Waals surface area contributed by atoms with Gasteiger partial charge in [0.2, 0.25) is 0 Å². The number of nitrogens with one attached hydrogen (secondary N) is 2. The van der Waals surface area contributed by atoms with Crippen LogP contribution in [-0.4, -0.2) is 35.2 Å². The van der Waals surface area contributed by atoms with Gasteiger partial charge in [0.15, 0.2) is 5.69 Å². The minimum atomic E-state index is -0.427. The first-order valence-corrected chi connectivity index (χ1v) is 7.86. The fraction of sp³-hybridized carbons (Fsp3) is 0.375. The second kappa shape index (κ2) is 6.20. The Labute approximate surface area is 138 Å². The molecule has 1 aromatic carbocycles. The predicted molar refractivity (Wildman–Crippen MR) is 87.6 cm³/mol. The van der Waals surface area contributed by atoms with Crippen LogP contribution in [0.1, 0.15) is 28.2 Å². The number of hydrogen-bond acceptors (Lipinski definition) is 3. The summed E-state index contributed by atoms with van der Waals surface area (Å²) in [5.41, 5.74) is 3.05. The van der Waals surface area contributed by atoms with Crippen molar-refractivity contribution in [2.24, 2.45) is 0 Å². The van der Waals surface area contributed by atoms with Crippen molar-refractivity contribution >= 4 is 23.2 Å². The fourth-order valence-electron chi connectivity index (χ4n) is 2.75. The number of aromatic nitrogens is 2. The third-order valence-electron chi connectivity index (χ3n) is 4.26. The quantitative estimate of drug-likeness (QED) is 0.906. The molecule has 0 spiro atoms. The van der Waals surface area contributed by atoms with Crippen LogP contribution < -0.4 is 10.2 Å². The molecule has 1 unspecified atom stereocenters. The first-order valence-electron chi connectivity index (χ1n) is 7.48. The third kappa shape index (κ3) is 3.17. The number of nitrogens with zero attached hydrogens (tertiary/aromatic N) is 2. The minimum absolute atomic E-state index is 0.0303. The number of amides is 1. The van der Waals surface area contributed by atoms with Gasteiger partial charge in [-0.25, -0.2) is 4.39 Å². The van der Waals surface area contributed by atoms with E-state index in [1.54, 1.807) is 12.1 Å². The molecule has 7 heteroatoms. The second-order valence-corrected chi connectivity index (χ2v) is 6.23. The van der Waals surface area contributed by atoms with Gasteiger partial charge in [-0.05, 0) is 38.5 Å². The molecular weight excluding hydrogens is 319 g/mol. The zero-order valence-electron chi connectivity index (χ0n) is 13.0. The van der Waals surface area contributed by atoms with Crippen molar-refractivity contribution in [3.05, 3.63) is 46.0 Å². The molecule has 1 saturated heterocycles. The Morgan fingerprint density at radius 3 is 2.91 bits per heavy atom. The Bertz CT molecular complexity index is 746. The molecule has 1 aromatic heterocycles. The van der Waals surface area contributed by atoms with Gasteiger partial charge in [0.1, 0.15) is 5.82 Å². The third-order valence-corrected chi connectivity index (χ3v) is 4.55. The van der Waals surface area contributed by atoms with Crippen LogP contribution in [0.5, 0.6) is 0 Å². The molecule has 1 atom stereocenters. The van der Waals surface area contributed by atoms with E-state index in [1.807, 2.05) is 13.8 Å². The molecule has 3 rings (SSSR count). The molecule has 1 aliphatic rings. The number of carbonyl (C=O) groups is 1. The molecule has 23 heavy (non-hydrogen) atoms. The lowest BCUT2D eigenvalue weighted by Crippen LogP contribution is -2.37. The number of rotatable bonds is 3. The zero-order chi connectivity index (χ0) is 16.6. The van der Waals surface area contributed by atoms with E-state index < -0.39 is 5.82 Å². The number of halogens is 2. The van der Waals surface area contributed by atoms with Crippen molar-refractivity contribution < 1.29 is 9.18 Å². The molecule has 5 nitrogen and oxygen atoms in total. The normalized spacial score (nSPS) is 17.6. The Balaban J connectivity index is 1.64. The molecule has 1 aliphatic heterocycles. The van der Waals surface area contributed by atoms with Gasteiger partial charge in [-0.1, -0.05) is 11.6 Å². The topological polar surface area (TPSA) is 61.0 Å². The van der Waals surface area contributed by atoms with E-state index in [4.69, 9.17) is 11.6 Å². The maximum absolute atomic E-state index is 13.2. The van der Waals surface area contributed by atoms with Gasteiger partial charge in [0, 0.05) is 36.1 Å². The summed E-state index contributed by atoms with van der Waals surface area (Å²) < 4.78 is 13.2. The average molecular weight is 337 g/mol. The molecule has 0 aliphatic carbocycles. The molecule has 1 amide bonds. The molecule has 2 aromatic rings. The Morgan fingerprint density at radius 2 is 2.26 bits per heavy atom. The van der Waals surface area contributed by atoms with Crippen LogP contribution in [-0.2, 0) is 0 Å². The summed E-state index contributed by atoms with van der Waals surface area (Å²) in [5.74, 6) is -0.598. The predicted octanol–water partition coefficient (Wildman–Crippen LogP) is 2.83. The highest BCUT2D eigenvalue weighted by Crippen LogP contribution is 2.25. The summed E-state index contributed by atoms with van der Waals surface area (Å²) >= 11 is 5.83. The number of H-pyrrole nitrogens is 1. The van der Waals surface area contributed by atoms with Crippen LogP contribution in [0.15, 0.2) is 18.2 Å². The van der Waals surface area contributed by atoms with Crippen LogP contribution >= 0.6 is 11.6 Å². The molecular formula is C16H18ClFN4O. The van der Waals surface area contributed by atoms with E-state index >= 15 is 0 Å². The lowest BCUT2D eigenvalue weighted by atomic mass is 10.2. The van der Waals surface area contributed by atoms with Gasteiger partial charge in [-0.2, -0.15) is 5.10 Å². The maximum Gasteiger partial charge on any atom is 0.272 e. The molecule has 122 valence electrons. The minimum Gasteiger partial charge on any atom is -0.369 e. The highest BCUT2D eigenvalue weighted by Gasteiger charge is 2.26. The number of benzene rings is 1. The summed E-state index contributed by atoms with van der Waals surface area (Å²) in [7, 11) is 0. The molecule has 0 saturated carbocycles. The van der Waals surface area contributed by atoms with Gasteiger partial charge < -0.3 is 10.2 Å². The van der Waals surface area contributed by atoms with Crippen molar-refractivity contribution in [2.75, 3.05) is 18.0 Å². The number of aromatic amines is 1.